The molecular formula is C20H25N5O2S. The van der Waals surface area contributed by atoms with Crippen LogP contribution in [0.1, 0.15) is 24.8 Å². The Morgan fingerprint density at radius 1 is 1.29 bits per heavy atom. The Morgan fingerprint density at radius 2 is 2.00 bits per heavy atom. The number of benzene rings is 1. The lowest BCUT2D eigenvalue weighted by atomic mass is 9.77. The van der Waals surface area contributed by atoms with Crippen LogP contribution in [0.4, 0.5) is 5.69 Å². The summed E-state index contributed by atoms with van der Waals surface area (Å²) < 4.78 is 27.1. The molecule has 28 heavy (non-hydrogen) atoms. The highest BCUT2D eigenvalue weighted by molar-refractivity contribution is 7.89. The quantitative estimate of drug-likeness (QED) is 0.856. The van der Waals surface area contributed by atoms with Gasteiger partial charge in [0.25, 0.3) is 0 Å². The second kappa shape index (κ2) is 6.90. The first kappa shape index (κ1) is 19.0. The van der Waals surface area contributed by atoms with Gasteiger partial charge in [-0.2, -0.15) is 5.26 Å². The van der Waals surface area contributed by atoms with Crippen LogP contribution in [-0.2, 0) is 9.92 Å². The summed E-state index contributed by atoms with van der Waals surface area (Å²) in [5.74, 6) is 0.543. The van der Waals surface area contributed by atoms with Crippen LogP contribution in [0.5, 0.6) is 5.75 Å². The summed E-state index contributed by atoms with van der Waals surface area (Å²) in [4.78, 5) is 6.81. The van der Waals surface area contributed by atoms with Crippen LogP contribution in [0, 0.1) is 21.5 Å². The zero-order valence-corrected chi connectivity index (χ0v) is 17.1. The minimum atomic E-state index is -2.62. The van der Waals surface area contributed by atoms with Crippen LogP contribution in [0.2, 0.25) is 0 Å². The Morgan fingerprint density at radius 3 is 2.61 bits per heavy atom. The van der Waals surface area contributed by atoms with Crippen LogP contribution in [0.15, 0.2) is 24.4 Å². The number of pyridine rings is 1. The molecule has 148 valence electrons. The van der Waals surface area contributed by atoms with Crippen LogP contribution < -0.4 is 9.64 Å². The molecule has 1 N–H and O–H groups in total. The van der Waals surface area contributed by atoms with Gasteiger partial charge in [-0.15, -0.1) is 0 Å². The number of piperidine rings is 1. The van der Waals surface area contributed by atoms with Gasteiger partial charge in [-0.05, 0) is 36.8 Å². The van der Waals surface area contributed by atoms with Gasteiger partial charge < -0.3 is 9.64 Å². The van der Waals surface area contributed by atoms with Crippen molar-refractivity contribution in [3.63, 3.8) is 0 Å². The maximum absolute atomic E-state index is 12.1. The monoisotopic (exact) mass is 399 g/mol. The zero-order valence-electron chi connectivity index (χ0n) is 16.3. The van der Waals surface area contributed by atoms with Crippen LogP contribution >= 0.6 is 0 Å². The van der Waals surface area contributed by atoms with E-state index in [2.05, 4.69) is 16.0 Å². The largest absolute Gasteiger partial charge is 0.495 e. The minimum absolute atomic E-state index is 0.167. The molecule has 3 heterocycles. The molecule has 2 saturated heterocycles. The maximum Gasteiger partial charge on any atom is 0.138 e. The zero-order chi connectivity index (χ0) is 19.9. The number of rotatable bonds is 3. The molecule has 0 aliphatic carbocycles. The third kappa shape index (κ3) is 3.29. The molecule has 2 aliphatic rings. The second-order valence-corrected chi connectivity index (χ2v) is 10.0. The van der Waals surface area contributed by atoms with E-state index in [0.29, 0.717) is 11.3 Å². The Balaban J connectivity index is 1.59. The molecule has 1 unspecified atom stereocenters. The van der Waals surface area contributed by atoms with E-state index in [0.717, 1.165) is 62.0 Å². The molecular weight excluding hydrogens is 374 g/mol. The highest BCUT2D eigenvalue weighted by atomic mass is 32.2. The third-order valence-electron chi connectivity index (χ3n) is 6.22. The van der Waals surface area contributed by atoms with E-state index in [1.165, 1.54) is 6.26 Å². The highest BCUT2D eigenvalue weighted by Gasteiger charge is 2.42. The number of fused-ring (bicyclic) bond motifs is 1. The van der Waals surface area contributed by atoms with Crippen molar-refractivity contribution in [2.45, 2.75) is 19.3 Å². The predicted octanol–water partition coefficient (Wildman–Crippen LogP) is 3.00. The average molecular weight is 400 g/mol. The van der Waals surface area contributed by atoms with Crippen LogP contribution in [0.3, 0.4) is 0 Å². The highest BCUT2D eigenvalue weighted by Crippen LogP contribution is 2.43. The number of hydrogen-bond donors (Lipinski definition) is 1. The molecule has 0 radical (unpaired) electrons. The fraction of sp³-hybridized carbons (Fsp3) is 0.500. The van der Waals surface area contributed by atoms with Gasteiger partial charge in [0, 0.05) is 55.8 Å². The van der Waals surface area contributed by atoms with Crippen LogP contribution in [-0.4, -0.2) is 53.0 Å². The summed E-state index contributed by atoms with van der Waals surface area (Å²) in [5, 5.41) is 10.4. The van der Waals surface area contributed by atoms with E-state index in [4.69, 9.17) is 9.52 Å². The van der Waals surface area contributed by atoms with Gasteiger partial charge >= 0.3 is 0 Å². The number of ether oxygens (including phenoxy) is 1. The van der Waals surface area contributed by atoms with Crippen molar-refractivity contribution in [1.82, 2.24) is 9.29 Å². The van der Waals surface area contributed by atoms with E-state index in [9.17, 15) is 9.47 Å². The summed E-state index contributed by atoms with van der Waals surface area (Å²) in [6, 6.07) is 7.91. The van der Waals surface area contributed by atoms with E-state index >= 15 is 0 Å². The van der Waals surface area contributed by atoms with Gasteiger partial charge in [0.05, 0.1) is 18.2 Å². The smallest absolute Gasteiger partial charge is 0.138 e. The number of hydrogen-bond acceptors (Lipinski definition) is 6. The summed E-state index contributed by atoms with van der Waals surface area (Å²) in [5.41, 5.74) is 2.59. The molecule has 7 nitrogen and oxygen atoms in total. The number of anilines is 1. The topological polar surface area (TPSA) is 93.3 Å². The number of nitriles is 1. The molecule has 0 bridgehead atoms. The first-order chi connectivity index (χ1) is 13.3. The lowest BCUT2D eigenvalue weighted by molar-refractivity contribution is 0.236. The van der Waals surface area contributed by atoms with Gasteiger partial charge in [-0.1, -0.05) is 0 Å². The third-order valence-corrected chi connectivity index (χ3v) is 7.52. The minimum Gasteiger partial charge on any atom is -0.495 e. The lowest BCUT2D eigenvalue weighted by Gasteiger charge is -2.40. The molecule has 0 amide bonds. The van der Waals surface area contributed by atoms with Crippen molar-refractivity contribution in [3.05, 3.63) is 30.0 Å². The molecule has 8 heteroatoms. The Bertz CT molecular complexity index is 1050. The van der Waals surface area contributed by atoms with Gasteiger partial charge in [0.15, 0.2) is 0 Å². The van der Waals surface area contributed by atoms with Crippen molar-refractivity contribution in [3.8, 4) is 11.8 Å². The van der Waals surface area contributed by atoms with E-state index < -0.39 is 9.92 Å². The summed E-state index contributed by atoms with van der Waals surface area (Å²) in [6.07, 6.45) is 6.37. The Kier molecular flexibility index (Phi) is 4.68. The second-order valence-electron chi connectivity index (χ2n) is 7.91. The van der Waals surface area contributed by atoms with Gasteiger partial charge in [0.2, 0.25) is 0 Å². The first-order valence-electron chi connectivity index (χ1n) is 9.46. The number of nitrogens with one attached hydrogen (secondary N) is 1. The van der Waals surface area contributed by atoms with Crippen LogP contribution in [0.25, 0.3) is 10.9 Å². The van der Waals surface area contributed by atoms with Crippen molar-refractivity contribution < 1.29 is 8.95 Å². The molecule has 2 aromatic rings. The first-order valence-corrected chi connectivity index (χ1v) is 11.4. The fourth-order valence-corrected chi connectivity index (χ4v) is 5.47. The Hall–Kier alpha value is -2.37. The van der Waals surface area contributed by atoms with E-state index in [1.807, 2.05) is 22.5 Å². The van der Waals surface area contributed by atoms with E-state index in [1.54, 1.807) is 13.3 Å². The molecule has 0 saturated carbocycles. The molecule has 2 fully saturated rings. The standard InChI is InChI=1S/C20H25N5O2S/c1-27-19-12-17-16(11-15(19)13-21)18(3-7-23-17)24-8-4-20(5-9-24)6-10-25(14-20)28(2,22)26/h3,7,11-12,22H,4-6,8-10,14H2,1-2H3. The summed E-state index contributed by atoms with van der Waals surface area (Å²) in [6.45, 7) is 3.32. The van der Waals surface area contributed by atoms with Crippen molar-refractivity contribution in [2.24, 2.45) is 5.41 Å². The van der Waals surface area contributed by atoms with Gasteiger partial charge in [-0.3, -0.25) is 4.98 Å². The SMILES string of the molecule is COc1cc2nccc(N3CCC4(CC3)CCN(S(C)(=N)=O)C4)c2cc1C#N. The molecule has 1 atom stereocenters. The number of aromatic nitrogens is 1. The number of nitrogens with zero attached hydrogens (tertiary/aromatic N) is 4. The predicted molar refractivity (Wildman–Crippen MR) is 110 cm³/mol. The summed E-state index contributed by atoms with van der Waals surface area (Å²) >= 11 is 0. The fourth-order valence-electron chi connectivity index (χ4n) is 4.51. The lowest BCUT2D eigenvalue weighted by Crippen LogP contribution is -2.42. The summed E-state index contributed by atoms with van der Waals surface area (Å²) in [7, 11) is -1.06. The van der Waals surface area contributed by atoms with Crippen molar-refractivity contribution >= 4 is 26.5 Å². The normalized spacial score (nSPS) is 21.5. The van der Waals surface area contributed by atoms with Gasteiger partial charge in [-0.25, -0.2) is 13.3 Å². The molecule has 1 aromatic heterocycles. The van der Waals surface area contributed by atoms with Crippen molar-refractivity contribution in [1.29, 1.82) is 10.0 Å². The number of methoxy groups -OCH3 is 1. The molecule has 2 aliphatic heterocycles. The van der Waals surface area contributed by atoms with Crippen molar-refractivity contribution in [2.75, 3.05) is 44.4 Å². The Labute approximate surface area is 166 Å². The average Bonchev–Trinajstić information content (AvgIpc) is 3.11. The molecule has 4 rings (SSSR count). The van der Waals surface area contributed by atoms with E-state index in [-0.39, 0.29) is 5.41 Å². The van der Waals surface area contributed by atoms with Gasteiger partial charge in [0.1, 0.15) is 21.7 Å². The molecule has 1 spiro atoms. The molecule has 1 aromatic carbocycles. The maximum atomic E-state index is 12.1.